The zero-order valence-corrected chi connectivity index (χ0v) is 8.42. The van der Waals surface area contributed by atoms with Gasteiger partial charge in [-0.2, -0.15) is 0 Å². The summed E-state index contributed by atoms with van der Waals surface area (Å²) in [6, 6.07) is 3.24. The molecule has 0 unspecified atom stereocenters. The number of hydrogen-bond acceptors (Lipinski definition) is 2. The molecular weight excluding hydrogens is 240 g/mol. The zero-order valence-electron chi connectivity index (χ0n) is 7.67. The largest absolute Gasteiger partial charge is 0.477 e. The van der Waals surface area contributed by atoms with Crippen molar-refractivity contribution in [1.82, 2.24) is 4.98 Å². The number of aromatic carboxylic acids is 1. The van der Waals surface area contributed by atoms with Gasteiger partial charge in [0.05, 0.1) is 5.02 Å². The third-order valence-electron chi connectivity index (χ3n) is 2.04. The second kappa shape index (κ2) is 3.68. The molecule has 0 aliphatic rings. The smallest absolute Gasteiger partial charge is 0.354 e. The highest BCUT2D eigenvalue weighted by Gasteiger charge is 2.15. The van der Waals surface area contributed by atoms with E-state index in [1.807, 2.05) is 0 Å². The first-order valence-corrected chi connectivity index (χ1v) is 4.56. The van der Waals surface area contributed by atoms with Gasteiger partial charge in [0, 0.05) is 5.39 Å². The molecule has 0 saturated carbocycles. The average Bonchev–Trinajstić information content (AvgIpc) is 2.23. The van der Waals surface area contributed by atoms with Gasteiger partial charge in [0.2, 0.25) is 0 Å². The number of benzene rings is 1. The van der Waals surface area contributed by atoms with E-state index < -0.39 is 23.3 Å². The third kappa shape index (κ3) is 1.59. The Bertz CT molecular complexity index is 601. The molecule has 0 bridgehead atoms. The van der Waals surface area contributed by atoms with E-state index >= 15 is 0 Å². The van der Waals surface area contributed by atoms with Crippen molar-refractivity contribution in [3.8, 4) is 0 Å². The fourth-order valence-corrected chi connectivity index (χ4v) is 1.56. The fourth-order valence-electron chi connectivity index (χ4n) is 1.30. The highest BCUT2D eigenvalue weighted by atomic mass is 35.5. The van der Waals surface area contributed by atoms with Crippen LogP contribution in [-0.4, -0.2) is 16.1 Å². The van der Waals surface area contributed by atoms with Crippen molar-refractivity contribution in [3.63, 3.8) is 0 Å². The highest BCUT2D eigenvalue weighted by Crippen LogP contribution is 2.26. The van der Waals surface area contributed by atoms with Crippen LogP contribution in [0.3, 0.4) is 0 Å². The van der Waals surface area contributed by atoms with Gasteiger partial charge in [-0.15, -0.1) is 0 Å². The van der Waals surface area contributed by atoms with Gasteiger partial charge in [-0.05, 0) is 18.2 Å². The second-order valence-electron chi connectivity index (χ2n) is 3.05. The molecule has 0 aliphatic heterocycles. The lowest BCUT2D eigenvalue weighted by atomic mass is 10.2. The molecule has 1 aromatic heterocycles. The van der Waals surface area contributed by atoms with Crippen molar-refractivity contribution in [2.24, 2.45) is 0 Å². The Balaban J connectivity index is 2.88. The minimum atomic E-state index is -1.35. The minimum Gasteiger partial charge on any atom is -0.477 e. The summed E-state index contributed by atoms with van der Waals surface area (Å²) in [6.07, 6.45) is 0. The van der Waals surface area contributed by atoms with Crippen LogP contribution in [0.25, 0.3) is 10.9 Å². The molecule has 2 aromatic rings. The Labute approximate surface area is 93.3 Å². The van der Waals surface area contributed by atoms with Crippen LogP contribution in [0.2, 0.25) is 5.02 Å². The standard InChI is InChI=1S/C10H4ClF2NO2/c11-5-3-7(10(15)16)14-9-4(5)1-2-6(12)8(9)13/h1-3H,(H,15,16). The molecule has 0 spiro atoms. The van der Waals surface area contributed by atoms with Crippen molar-refractivity contribution >= 4 is 28.5 Å². The number of pyridine rings is 1. The van der Waals surface area contributed by atoms with E-state index in [4.69, 9.17) is 16.7 Å². The summed E-state index contributed by atoms with van der Waals surface area (Å²) in [5, 5.41) is 8.88. The monoisotopic (exact) mass is 243 g/mol. The summed E-state index contributed by atoms with van der Waals surface area (Å²) in [5.41, 5.74) is -0.813. The van der Waals surface area contributed by atoms with Gasteiger partial charge in [0.15, 0.2) is 17.3 Å². The SMILES string of the molecule is O=C(O)c1cc(Cl)c2ccc(F)c(F)c2n1. The summed E-state index contributed by atoms with van der Waals surface area (Å²) in [5.74, 6) is -3.66. The number of nitrogens with zero attached hydrogens (tertiary/aromatic N) is 1. The van der Waals surface area contributed by atoms with Gasteiger partial charge in [0.25, 0.3) is 0 Å². The van der Waals surface area contributed by atoms with Crippen LogP contribution in [0.1, 0.15) is 10.5 Å². The average molecular weight is 244 g/mol. The number of fused-ring (bicyclic) bond motifs is 1. The molecule has 0 radical (unpaired) electrons. The maximum Gasteiger partial charge on any atom is 0.354 e. The van der Waals surface area contributed by atoms with E-state index in [0.29, 0.717) is 0 Å². The van der Waals surface area contributed by atoms with Gasteiger partial charge in [-0.25, -0.2) is 18.6 Å². The summed E-state index contributed by atoms with van der Waals surface area (Å²) in [7, 11) is 0. The Hall–Kier alpha value is -1.75. The molecule has 0 saturated heterocycles. The molecule has 0 amide bonds. The summed E-state index contributed by atoms with van der Waals surface area (Å²) < 4.78 is 26.2. The number of carbonyl (C=O) groups is 1. The number of carboxylic acid groups (broad SMARTS) is 1. The first-order valence-electron chi connectivity index (χ1n) is 4.18. The van der Waals surface area contributed by atoms with Gasteiger partial charge < -0.3 is 5.11 Å². The molecule has 0 atom stereocenters. The topological polar surface area (TPSA) is 50.2 Å². The number of rotatable bonds is 1. The van der Waals surface area contributed by atoms with Gasteiger partial charge >= 0.3 is 5.97 Å². The number of aromatic nitrogens is 1. The molecule has 16 heavy (non-hydrogen) atoms. The van der Waals surface area contributed by atoms with Gasteiger partial charge in [0.1, 0.15) is 5.52 Å². The quantitative estimate of drug-likeness (QED) is 0.838. The van der Waals surface area contributed by atoms with E-state index in [1.54, 1.807) is 0 Å². The van der Waals surface area contributed by atoms with E-state index in [9.17, 15) is 13.6 Å². The van der Waals surface area contributed by atoms with E-state index in [0.717, 1.165) is 12.1 Å². The van der Waals surface area contributed by atoms with Crippen molar-refractivity contribution in [3.05, 3.63) is 40.6 Å². The molecule has 1 aromatic carbocycles. The van der Waals surface area contributed by atoms with Crippen LogP contribution >= 0.6 is 11.6 Å². The Morgan fingerprint density at radius 3 is 2.69 bits per heavy atom. The van der Waals surface area contributed by atoms with Crippen molar-refractivity contribution in [2.75, 3.05) is 0 Å². The predicted octanol–water partition coefficient (Wildman–Crippen LogP) is 2.86. The molecule has 1 heterocycles. The molecule has 3 nitrogen and oxygen atoms in total. The molecule has 82 valence electrons. The number of hydrogen-bond donors (Lipinski definition) is 1. The highest BCUT2D eigenvalue weighted by molar-refractivity contribution is 6.35. The maximum absolute atomic E-state index is 13.3. The number of halogens is 3. The molecule has 1 N–H and O–H groups in total. The number of carboxylic acids is 1. The first kappa shape index (κ1) is 10.8. The van der Waals surface area contributed by atoms with E-state index in [1.165, 1.54) is 6.07 Å². The van der Waals surface area contributed by atoms with Crippen LogP contribution in [0, 0.1) is 11.6 Å². The summed E-state index contributed by atoms with van der Waals surface area (Å²) in [6.45, 7) is 0. The van der Waals surface area contributed by atoms with E-state index in [2.05, 4.69) is 4.98 Å². The summed E-state index contributed by atoms with van der Waals surface area (Å²) >= 11 is 5.74. The molecule has 0 fully saturated rings. The maximum atomic E-state index is 13.3. The molecule has 2 rings (SSSR count). The Morgan fingerprint density at radius 1 is 1.38 bits per heavy atom. The van der Waals surface area contributed by atoms with Crippen LogP contribution in [0.15, 0.2) is 18.2 Å². The normalized spacial score (nSPS) is 10.7. The minimum absolute atomic E-state index is 0.0151. The van der Waals surface area contributed by atoms with Crippen molar-refractivity contribution < 1.29 is 18.7 Å². The molecular formula is C10H4ClF2NO2. The van der Waals surface area contributed by atoms with Crippen LogP contribution in [-0.2, 0) is 0 Å². The lowest BCUT2D eigenvalue weighted by molar-refractivity contribution is 0.0691. The Morgan fingerprint density at radius 2 is 2.06 bits per heavy atom. The molecule has 0 aliphatic carbocycles. The van der Waals surface area contributed by atoms with Crippen LogP contribution in [0.5, 0.6) is 0 Å². The lowest BCUT2D eigenvalue weighted by Gasteiger charge is -2.03. The fraction of sp³-hybridized carbons (Fsp3) is 0. The van der Waals surface area contributed by atoms with Crippen LogP contribution < -0.4 is 0 Å². The zero-order chi connectivity index (χ0) is 11.9. The van der Waals surface area contributed by atoms with Gasteiger partial charge in [-0.1, -0.05) is 11.6 Å². The van der Waals surface area contributed by atoms with Crippen molar-refractivity contribution in [1.29, 1.82) is 0 Å². The first-order chi connectivity index (χ1) is 7.50. The summed E-state index contributed by atoms with van der Waals surface area (Å²) in [4.78, 5) is 14.2. The third-order valence-corrected chi connectivity index (χ3v) is 2.35. The Kier molecular flexibility index (Phi) is 2.47. The lowest BCUT2D eigenvalue weighted by Crippen LogP contribution is -2.02. The second-order valence-corrected chi connectivity index (χ2v) is 3.46. The van der Waals surface area contributed by atoms with Crippen molar-refractivity contribution in [2.45, 2.75) is 0 Å². The van der Waals surface area contributed by atoms with Gasteiger partial charge in [-0.3, -0.25) is 0 Å². The van der Waals surface area contributed by atoms with E-state index in [-0.39, 0.29) is 15.9 Å². The molecule has 6 heteroatoms. The van der Waals surface area contributed by atoms with Crippen LogP contribution in [0.4, 0.5) is 8.78 Å². The predicted molar refractivity (Wildman–Crippen MR) is 53.6 cm³/mol.